The molecule has 1 aromatic rings. The molecule has 0 atom stereocenters. The third-order valence-electron chi connectivity index (χ3n) is 1.42. The molecule has 0 aliphatic rings. The molecular weight excluding hydrogens is 183 g/mol. The van der Waals surface area contributed by atoms with Crippen molar-refractivity contribution in [1.82, 2.24) is 0 Å². The maximum absolute atomic E-state index is 13.0. The van der Waals surface area contributed by atoms with Crippen LogP contribution in [0.5, 0.6) is 0 Å². The highest BCUT2D eigenvalue weighted by Gasteiger charge is 2.00. The molecule has 0 radical (unpaired) electrons. The van der Waals surface area contributed by atoms with Crippen molar-refractivity contribution in [2.75, 3.05) is 0 Å². The van der Waals surface area contributed by atoms with Gasteiger partial charge in [0.25, 0.3) is 0 Å². The van der Waals surface area contributed by atoms with Gasteiger partial charge in [-0.3, -0.25) is 0 Å². The molecule has 0 spiro atoms. The average Bonchev–Trinajstić information content (AvgIpc) is 1.95. The van der Waals surface area contributed by atoms with Gasteiger partial charge in [0.15, 0.2) is 0 Å². The molecule has 0 aromatic heterocycles. The summed E-state index contributed by atoms with van der Waals surface area (Å²) in [4.78, 5) is 0. The molecule has 60 valence electrons. The molecule has 0 amide bonds. The molecule has 1 aromatic carbocycles. The highest BCUT2D eigenvalue weighted by atomic mass is 35.7. The molecule has 0 bridgehead atoms. The van der Waals surface area contributed by atoms with E-state index in [1.165, 1.54) is 6.07 Å². The van der Waals surface area contributed by atoms with Crippen LogP contribution in [0.15, 0.2) is 18.2 Å². The summed E-state index contributed by atoms with van der Waals surface area (Å²) in [7, 11) is 6.50. The summed E-state index contributed by atoms with van der Waals surface area (Å²) in [5.41, 5.74) is 1.60. The topological polar surface area (TPSA) is 0 Å². The van der Waals surface area contributed by atoms with Gasteiger partial charge < -0.3 is 0 Å². The van der Waals surface area contributed by atoms with Crippen LogP contribution in [0, 0.1) is 12.7 Å². The Morgan fingerprint density at radius 1 is 1.55 bits per heavy atom. The van der Waals surface area contributed by atoms with Crippen molar-refractivity contribution < 1.29 is 4.39 Å². The summed E-state index contributed by atoms with van der Waals surface area (Å²) in [5.74, 6) is 0.353. The molecule has 0 aliphatic heterocycles. The van der Waals surface area contributed by atoms with Crippen LogP contribution >= 0.6 is 21.7 Å². The van der Waals surface area contributed by atoms with Crippen molar-refractivity contribution in [3.05, 3.63) is 35.1 Å². The van der Waals surface area contributed by atoms with Crippen molar-refractivity contribution in [1.29, 1.82) is 0 Å². The second kappa shape index (κ2) is 3.98. The van der Waals surface area contributed by atoms with Crippen LogP contribution in [0.3, 0.4) is 0 Å². The minimum absolute atomic E-state index is 0.168. The van der Waals surface area contributed by atoms with Gasteiger partial charge in [0.1, 0.15) is 5.82 Å². The van der Waals surface area contributed by atoms with E-state index < -0.39 is 0 Å². The molecule has 0 nitrogen and oxygen atoms in total. The van der Waals surface area contributed by atoms with Crippen LogP contribution in [0.2, 0.25) is 0 Å². The van der Waals surface area contributed by atoms with Gasteiger partial charge in [-0.05, 0) is 34.8 Å². The quantitative estimate of drug-likeness (QED) is 0.688. The Hall–Kier alpha value is -0.210. The van der Waals surface area contributed by atoms with Gasteiger partial charge in [-0.2, -0.15) is 0 Å². The maximum atomic E-state index is 13.0. The molecular formula is C8H8ClFS. The van der Waals surface area contributed by atoms with Crippen LogP contribution in [0.4, 0.5) is 4.39 Å². The van der Waals surface area contributed by atoms with Gasteiger partial charge in [0, 0.05) is 5.75 Å². The Morgan fingerprint density at radius 3 is 2.82 bits per heavy atom. The molecule has 3 heteroatoms. The zero-order valence-electron chi connectivity index (χ0n) is 6.10. The van der Waals surface area contributed by atoms with E-state index in [1.807, 2.05) is 13.0 Å². The Morgan fingerprint density at radius 2 is 2.27 bits per heavy atom. The minimum Gasteiger partial charge on any atom is -0.207 e. The first kappa shape index (κ1) is 8.88. The average molecular weight is 191 g/mol. The van der Waals surface area contributed by atoms with Gasteiger partial charge >= 0.3 is 0 Å². The lowest BCUT2D eigenvalue weighted by Gasteiger charge is -1.99. The third-order valence-corrected chi connectivity index (χ3v) is 2.17. The molecule has 1 rings (SSSR count). The standard InChI is InChI=1S/C8H8ClFS/c1-6-2-3-7(5-11-9)8(10)4-6/h2-4H,5H2,1H3. The van der Waals surface area contributed by atoms with E-state index in [-0.39, 0.29) is 5.82 Å². The van der Waals surface area contributed by atoms with E-state index in [4.69, 9.17) is 10.7 Å². The van der Waals surface area contributed by atoms with Crippen molar-refractivity contribution >= 4 is 21.7 Å². The SMILES string of the molecule is Cc1ccc(CSCl)c(F)c1. The summed E-state index contributed by atoms with van der Waals surface area (Å²) < 4.78 is 13.0. The molecule has 0 N–H and O–H groups in total. The van der Waals surface area contributed by atoms with E-state index in [0.29, 0.717) is 11.3 Å². The number of hydrogen-bond acceptors (Lipinski definition) is 1. The second-order valence-electron chi connectivity index (χ2n) is 2.35. The van der Waals surface area contributed by atoms with Crippen molar-refractivity contribution in [3.8, 4) is 0 Å². The lowest BCUT2D eigenvalue weighted by atomic mass is 10.2. The summed E-state index contributed by atoms with van der Waals surface area (Å²) in [6.07, 6.45) is 0. The molecule has 0 fully saturated rings. The lowest BCUT2D eigenvalue weighted by molar-refractivity contribution is 0.616. The van der Waals surface area contributed by atoms with Crippen LogP contribution in [0.25, 0.3) is 0 Å². The molecule has 11 heavy (non-hydrogen) atoms. The van der Waals surface area contributed by atoms with Gasteiger partial charge in [-0.1, -0.05) is 23.1 Å². The predicted octanol–water partition coefficient (Wildman–Crippen LogP) is 3.52. The van der Waals surface area contributed by atoms with Gasteiger partial charge in [0.05, 0.1) is 0 Å². The van der Waals surface area contributed by atoms with Crippen molar-refractivity contribution in [3.63, 3.8) is 0 Å². The normalized spacial score (nSPS) is 10.1. The Labute approximate surface area is 74.3 Å². The Kier molecular flexibility index (Phi) is 3.21. The smallest absolute Gasteiger partial charge is 0.127 e. The fourth-order valence-corrected chi connectivity index (χ4v) is 1.53. The maximum Gasteiger partial charge on any atom is 0.127 e. The largest absolute Gasteiger partial charge is 0.207 e. The number of rotatable bonds is 2. The fraction of sp³-hybridized carbons (Fsp3) is 0.250. The van der Waals surface area contributed by atoms with Crippen molar-refractivity contribution in [2.24, 2.45) is 0 Å². The zero-order valence-corrected chi connectivity index (χ0v) is 7.68. The van der Waals surface area contributed by atoms with E-state index in [2.05, 4.69) is 0 Å². The zero-order chi connectivity index (χ0) is 8.27. The van der Waals surface area contributed by atoms with E-state index >= 15 is 0 Å². The fourth-order valence-electron chi connectivity index (χ4n) is 0.828. The first-order valence-electron chi connectivity index (χ1n) is 3.22. The van der Waals surface area contributed by atoms with Crippen LogP contribution in [0.1, 0.15) is 11.1 Å². The summed E-state index contributed by atoms with van der Waals surface area (Å²) in [5, 5.41) is 0. The first-order chi connectivity index (χ1) is 5.24. The summed E-state index contributed by atoms with van der Waals surface area (Å²) in [6.45, 7) is 1.86. The lowest BCUT2D eigenvalue weighted by Crippen LogP contribution is -1.86. The van der Waals surface area contributed by atoms with Gasteiger partial charge in [0.2, 0.25) is 0 Å². The molecule has 0 heterocycles. The molecule has 0 unspecified atom stereocenters. The number of halogens is 2. The number of aryl methyl sites for hydroxylation is 1. The third kappa shape index (κ3) is 2.38. The highest BCUT2D eigenvalue weighted by molar-refractivity contribution is 8.20. The molecule has 0 saturated carbocycles. The van der Waals surface area contributed by atoms with Crippen LogP contribution < -0.4 is 0 Å². The Balaban J connectivity index is 2.90. The minimum atomic E-state index is -0.168. The van der Waals surface area contributed by atoms with Crippen molar-refractivity contribution in [2.45, 2.75) is 12.7 Å². The van der Waals surface area contributed by atoms with Crippen LogP contribution in [-0.4, -0.2) is 0 Å². The molecule has 0 aliphatic carbocycles. The number of benzene rings is 1. The monoisotopic (exact) mass is 190 g/mol. The van der Waals surface area contributed by atoms with E-state index in [9.17, 15) is 4.39 Å². The highest BCUT2D eigenvalue weighted by Crippen LogP contribution is 2.18. The second-order valence-corrected chi connectivity index (χ2v) is 3.51. The number of hydrogen-bond donors (Lipinski definition) is 0. The molecule has 0 saturated heterocycles. The van der Waals surface area contributed by atoms with E-state index in [1.54, 1.807) is 6.07 Å². The Bertz CT molecular complexity index is 250. The summed E-state index contributed by atoms with van der Waals surface area (Å²) in [6, 6.07) is 5.16. The van der Waals surface area contributed by atoms with E-state index in [0.717, 1.165) is 16.5 Å². The first-order valence-corrected chi connectivity index (χ1v) is 5.04. The van der Waals surface area contributed by atoms with Gasteiger partial charge in [-0.15, -0.1) is 0 Å². The van der Waals surface area contributed by atoms with Crippen LogP contribution in [-0.2, 0) is 5.75 Å². The predicted molar refractivity (Wildman–Crippen MR) is 48.3 cm³/mol. The van der Waals surface area contributed by atoms with Gasteiger partial charge in [-0.25, -0.2) is 4.39 Å². The summed E-state index contributed by atoms with van der Waals surface area (Å²) >= 11 is 0.